The van der Waals surface area contributed by atoms with Crippen LogP contribution in [-0.4, -0.2) is 33.5 Å². The van der Waals surface area contributed by atoms with Crippen LogP contribution in [0.4, 0.5) is 11.5 Å². The summed E-state index contributed by atoms with van der Waals surface area (Å²) in [6, 6.07) is 8.51. The first-order valence-corrected chi connectivity index (χ1v) is 11.7. The minimum atomic E-state index is -3.56. The number of aliphatic hydroxyl groups is 1. The first kappa shape index (κ1) is 19.8. The van der Waals surface area contributed by atoms with Gasteiger partial charge in [-0.25, -0.2) is 8.42 Å². The maximum Gasteiger partial charge on any atom is 0.261 e. The smallest absolute Gasteiger partial charge is 0.261 e. The van der Waals surface area contributed by atoms with E-state index in [4.69, 9.17) is 0 Å². The lowest BCUT2D eigenvalue weighted by atomic mass is 10.1. The Morgan fingerprint density at radius 3 is 2.87 bits per heavy atom. The third-order valence-corrected chi connectivity index (χ3v) is 8.46. The van der Waals surface area contributed by atoms with Crippen LogP contribution in [0, 0.1) is 17.2 Å². The summed E-state index contributed by atoms with van der Waals surface area (Å²) in [6.07, 6.45) is 2.79. The van der Waals surface area contributed by atoms with Crippen LogP contribution in [0.25, 0.3) is 10.9 Å². The van der Waals surface area contributed by atoms with Gasteiger partial charge in [-0.1, -0.05) is 0 Å². The average Bonchev–Trinajstić information content (AvgIpc) is 3.50. The predicted molar refractivity (Wildman–Crippen MR) is 114 cm³/mol. The number of pyridine rings is 1. The zero-order valence-electron chi connectivity index (χ0n) is 16.7. The number of nitriles is 1. The van der Waals surface area contributed by atoms with Crippen LogP contribution < -0.4 is 10.9 Å². The molecule has 0 radical (unpaired) electrons. The quantitative estimate of drug-likeness (QED) is 0.555. The van der Waals surface area contributed by atoms with Crippen molar-refractivity contribution in [3.8, 4) is 6.07 Å². The van der Waals surface area contributed by atoms with E-state index < -0.39 is 21.2 Å². The van der Waals surface area contributed by atoms with Crippen molar-refractivity contribution in [2.45, 2.75) is 48.5 Å². The van der Waals surface area contributed by atoms with Crippen LogP contribution in [0.1, 0.15) is 43.9 Å². The second-order valence-electron chi connectivity index (χ2n) is 8.20. The number of anilines is 2. The molecular weight excluding hydrogens is 418 g/mol. The molecule has 1 unspecified atom stereocenters. The maximum atomic E-state index is 12.6. The van der Waals surface area contributed by atoms with Crippen molar-refractivity contribution in [2.75, 3.05) is 5.32 Å². The zero-order valence-corrected chi connectivity index (χ0v) is 17.6. The van der Waals surface area contributed by atoms with Crippen LogP contribution >= 0.6 is 0 Å². The molecule has 3 heterocycles. The third kappa shape index (κ3) is 3.04. The number of fused-ring (bicyclic) bond motifs is 2. The maximum absolute atomic E-state index is 12.6. The molecule has 2 aromatic heterocycles. The highest BCUT2D eigenvalue weighted by atomic mass is 32.2. The highest BCUT2D eigenvalue weighted by molar-refractivity contribution is 7.92. The normalized spacial score (nSPS) is 22.7. The Bertz CT molecular complexity index is 1400. The van der Waals surface area contributed by atoms with Crippen LogP contribution in [0.2, 0.25) is 0 Å². The molecule has 31 heavy (non-hydrogen) atoms. The lowest BCUT2D eigenvalue weighted by Gasteiger charge is -2.14. The fourth-order valence-electron chi connectivity index (χ4n) is 4.34. The molecule has 2 aliphatic rings. The minimum Gasteiger partial charge on any atom is -0.387 e. The summed E-state index contributed by atoms with van der Waals surface area (Å²) in [4.78, 5) is 15.4. The summed E-state index contributed by atoms with van der Waals surface area (Å²) in [6.45, 7) is 1.48. The summed E-state index contributed by atoms with van der Waals surface area (Å²) in [5.41, 5.74) is 1.17. The summed E-state index contributed by atoms with van der Waals surface area (Å²) >= 11 is 0. The van der Waals surface area contributed by atoms with E-state index in [1.807, 2.05) is 0 Å². The molecule has 0 saturated heterocycles. The molecule has 3 atom stereocenters. The van der Waals surface area contributed by atoms with Gasteiger partial charge >= 0.3 is 0 Å². The van der Waals surface area contributed by atoms with E-state index in [0.29, 0.717) is 40.3 Å². The van der Waals surface area contributed by atoms with E-state index in [9.17, 15) is 23.6 Å². The first-order chi connectivity index (χ1) is 14.8. The van der Waals surface area contributed by atoms with Crippen molar-refractivity contribution in [1.29, 1.82) is 5.26 Å². The fraction of sp³-hybridized carbons (Fsp3) is 0.381. The molecule has 1 saturated carbocycles. The molecule has 1 aromatic carbocycles. The van der Waals surface area contributed by atoms with Gasteiger partial charge in [-0.15, -0.1) is 0 Å². The van der Waals surface area contributed by atoms with E-state index in [1.165, 1.54) is 13.0 Å². The van der Waals surface area contributed by atoms with Crippen molar-refractivity contribution in [3.63, 3.8) is 0 Å². The van der Waals surface area contributed by atoms with Gasteiger partial charge in [0, 0.05) is 17.4 Å². The fourth-order valence-corrected chi connectivity index (χ4v) is 6.00. The Balaban J connectivity index is 1.60. The third-order valence-electron chi connectivity index (χ3n) is 6.24. The molecule has 5 rings (SSSR count). The van der Waals surface area contributed by atoms with Gasteiger partial charge < -0.3 is 15.4 Å². The number of benzene rings is 1. The van der Waals surface area contributed by atoms with Crippen LogP contribution in [0.15, 0.2) is 40.2 Å². The number of nitrogens with zero attached hydrogens (tertiary/aromatic N) is 3. The molecular formula is C21H21N5O4S. The number of aromatic nitrogens is 3. The number of rotatable bonds is 5. The highest BCUT2D eigenvalue weighted by Crippen LogP contribution is 2.43. The number of aliphatic hydroxyl groups excluding tert-OH is 1. The van der Waals surface area contributed by atoms with Crippen molar-refractivity contribution in [2.24, 2.45) is 5.92 Å². The van der Waals surface area contributed by atoms with Gasteiger partial charge in [-0.2, -0.15) is 10.4 Å². The van der Waals surface area contributed by atoms with E-state index >= 15 is 0 Å². The summed E-state index contributed by atoms with van der Waals surface area (Å²) in [5.74, 6) is 0.681. The Morgan fingerprint density at radius 1 is 1.39 bits per heavy atom. The van der Waals surface area contributed by atoms with Gasteiger partial charge in [0.2, 0.25) is 0 Å². The molecule has 10 heteroatoms. The van der Waals surface area contributed by atoms with Crippen molar-refractivity contribution >= 4 is 32.2 Å². The monoisotopic (exact) mass is 439 g/mol. The largest absolute Gasteiger partial charge is 0.387 e. The topological polar surface area (TPSA) is 141 Å². The van der Waals surface area contributed by atoms with E-state index in [1.54, 1.807) is 29.1 Å². The Morgan fingerprint density at radius 2 is 2.16 bits per heavy atom. The summed E-state index contributed by atoms with van der Waals surface area (Å²) in [5, 5.41) is 26.9. The Kier molecular flexibility index (Phi) is 4.42. The number of hydrogen-bond donors (Lipinski definition) is 3. The molecule has 9 nitrogen and oxygen atoms in total. The van der Waals surface area contributed by atoms with E-state index in [-0.39, 0.29) is 16.5 Å². The lowest BCUT2D eigenvalue weighted by Crippen LogP contribution is -2.16. The zero-order chi connectivity index (χ0) is 21.9. The van der Waals surface area contributed by atoms with E-state index in [0.717, 1.165) is 12.8 Å². The molecule has 3 aromatic rings. The minimum absolute atomic E-state index is 0.113. The molecule has 0 spiro atoms. The number of aromatic amines is 1. The van der Waals surface area contributed by atoms with Gasteiger partial charge in [0.25, 0.3) is 5.56 Å². The van der Waals surface area contributed by atoms with Gasteiger partial charge in [-0.3, -0.25) is 9.48 Å². The molecule has 1 aliphatic carbocycles. The van der Waals surface area contributed by atoms with Gasteiger partial charge in [0.1, 0.15) is 5.39 Å². The van der Waals surface area contributed by atoms with Crippen molar-refractivity contribution in [3.05, 3.63) is 46.4 Å². The number of sulfone groups is 1. The second kappa shape index (κ2) is 6.93. The van der Waals surface area contributed by atoms with Crippen molar-refractivity contribution < 1.29 is 13.5 Å². The molecule has 1 fully saturated rings. The Hall–Kier alpha value is -3.16. The van der Waals surface area contributed by atoms with E-state index in [2.05, 4.69) is 21.5 Å². The summed E-state index contributed by atoms with van der Waals surface area (Å²) in [7, 11) is -3.56. The lowest BCUT2D eigenvalue weighted by molar-refractivity contribution is 0.179. The number of nitrogens with one attached hydrogen (secondary N) is 2. The van der Waals surface area contributed by atoms with Crippen LogP contribution in [-0.2, 0) is 9.84 Å². The van der Waals surface area contributed by atoms with Crippen molar-refractivity contribution in [1.82, 2.24) is 14.8 Å². The SMILES string of the molecule is C[C@H]1[C@H](O)c2cc(Nc3nn(C(CC#N)C4CC4)c4cc[nH]c(=O)c34)ccc2S1(=O)=O. The molecule has 0 amide bonds. The summed E-state index contributed by atoms with van der Waals surface area (Å²) < 4.78 is 26.6. The van der Waals surface area contributed by atoms with Crippen LogP contribution in [0.3, 0.4) is 0 Å². The standard InChI is InChI=1S/C21H21N5O4S/c1-11-19(27)14-10-13(4-5-17(14)31(11,29)30)24-20-18-16(7-9-23-21(18)28)26(25-20)15(6-8-22)12-2-3-12/h4-5,7,9-12,15,19,27H,2-3,6H2,1H3,(H,23,28)(H,24,25)/t11-,15?,19-/m0/s1. The molecule has 0 bridgehead atoms. The van der Waals surface area contributed by atoms with Gasteiger partial charge in [0.05, 0.1) is 40.3 Å². The van der Waals surface area contributed by atoms with Gasteiger partial charge in [-0.05, 0) is 49.9 Å². The first-order valence-electron chi connectivity index (χ1n) is 10.1. The second-order valence-corrected chi connectivity index (χ2v) is 10.5. The Labute approximate surface area is 178 Å². The highest BCUT2D eigenvalue weighted by Gasteiger charge is 2.41. The van der Waals surface area contributed by atoms with Gasteiger partial charge in [0.15, 0.2) is 15.7 Å². The number of H-pyrrole nitrogens is 1. The predicted octanol–water partition coefficient (Wildman–Crippen LogP) is 2.54. The average molecular weight is 439 g/mol. The molecule has 160 valence electrons. The molecule has 1 aliphatic heterocycles. The van der Waals surface area contributed by atoms with Crippen LogP contribution in [0.5, 0.6) is 0 Å². The number of hydrogen-bond acceptors (Lipinski definition) is 7. The molecule has 3 N–H and O–H groups in total.